The van der Waals surface area contributed by atoms with Gasteiger partial charge in [0.2, 0.25) is 5.91 Å². The molecule has 2 heterocycles. The molecule has 2 rings (SSSR count). The largest absolute Gasteiger partial charge is 0.357 e. The van der Waals surface area contributed by atoms with E-state index in [1.165, 1.54) is 0 Å². The van der Waals surface area contributed by atoms with Gasteiger partial charge in [0, 0.05) is 19.6 Å². The summed E-state index contributed by atoms with van der Waals surface area (Å²) in [5.41, 5.74) is 0.775. The van der Waals surface area contributed by atoms with Gasteiger partial charge < -0.3 is 15.5 Å². The van der Waals surface area contributed by atoms with Crippen molar-refractivity contribution in [2.45, 2.75) is 26.7 Å². The van der Waals surface area contributed by atoms with E-state index in [1.54, 1.807) is 6.20 Å². The lowest BCUT2D eigenvalue weighted by molar-refractivity contribution is -0.120. The van der Waals surface area contributed by atoms with Gasteiger partial charge in [-0.2, -0.15) is 0 Å². The van der Waals surface area contributed by atoms with E-state index in [9.17, 15) is 4.79 Å². The molecule has 1 aromatic rings. The Balaban J connectivity index is 1.94. The van der Waals surface area contributed by atoms with Crippen LogP contribution in [0.4, 0.5) is 11.5 Å². The van der Waals surface area contributed by atoms with Crippen LogP contribution in [-0.2, 0) is 4.79 Å². The fourth-order valence-electron chi connectivity index (χ4n) is 2.51. The van der Waals surface area contributed by atoms with E-state index in [2.05, 4.69) is 34.4 Å². The standard InChI is InChI=1S/C15H24N4O/c1-3-19(4-2)14-8-7-13(11-17-14)18-15(20)12-6-5-9-16-10-12/h7-8,11-12,16H,3-6,9-10H2,1-2H3,(H,18,20). The van der Waals surface area contributed by atoms with E-state index in [0.717, 1.165) is 50.5 Å². The first-order chi connectivity index (χ1) is 9.74. The van der Waals surface area contributed by atoms with Crippen LogP contribution in [0, 0.1) is 5.92 Å². The molecule has 5 nitrogen and oxygen atoms in total. The fourth-order valence-corrected chi connectivity index (χ4v) is 2.51. The van der Waals surface area contributed by atoms with Gasteiger partial charge in [-0.1, -0.05) is 0 Å². The third-order valence-corrected chi connectivity index (χ3v) is 3.77. The molecular formula is C15H24N4O. The first-order valence-corrected chi connectivity index (χ1v) is 7.47. The highest BCUT2D eigenvalue weighted by molar-refractivity contribution is 5.92. The summed E-state index contributed by atoms with van der Waals surface area (Å²) < 4.78 is 0. The molecule has 1 atom stereocenters. The number of anilines is 2. The molecule has 20 heavy (non-hydrogen) atoms. The quantitative estimate of drug-likeness (QED) is 0.862. The fraction of sp³-hybridized carbons (Fsp3) is 0.600. The maximum absolute atomic E-state index is 12.1. The second kappa shape index (κ2) is 7.24. The average molecular weight is 276 g/mol. The summed E-state index contributed by atoms with van der Waals surface area (Å²) in [5.74, 6) is 1.12. The molecule has 1 aromatic heterocycles. The first-order valence-electron chi connectivity index (χ1n) is 7.47. The molecule has 1 aliphatic heterocycles. The molecule has 1 unspecified atom stereocenters. The van der Waals surface area contributed by atoms with Gasteiger partial charge in [0.05, 0.1) is 17.8 Å². The van der Waals surface area contributed by atoms with Crippen molar-refractivity contribution in [1.82, 2.24) is 10.3 Å². The summed E-state index contributed by atoms with van der Waals surface area (Å²) in [4.78, 5) is 18.7. The van der Waals surface area contributed by atoms with Crippen LogP contribution in [0.15, 0.2) is 18.3 Å². The summed E-state index contributed by atoms with van der Waals surface area (Å²) >= 11 is 0. The minimum atomic E-state index is 0.0752. The van der Waals surface area contributed by atoms with Gasteiger partial charge >= 0.3 is 0 Å². The summed E-state index contributed by atoms with van der Waals surface area (Å²) in [6, 6.07) is 3.89. The number of nitrogens with one attached hydrogen (secondary N) is 2. The average Bonchev–Trinajstić information content (AvgIpc) is 2.51. The zero-order valence-electron chi connectivity index (χ0n) is 12.4. The highest BCUT2D eigenvalue weighted by atomic mass is 16.1. The monoisotopic (exact) mass is 276 g/mol. The molecule has 0 aromatic carbocycles. The van der Waals surface area contributed by atoms with E-state index in [4.69, 9.17) is 0 Å². The summed E-state index contributed by atoms with van der Waals surface area (Å²) in [6.45, 7) is 7.88. The van der Waals surface area contributed by atoms with Gasteiger partial charge in [0.15, 0.2) is 0 Å². The second-order valence-electron chi connectivity index (χ2n) is 5.11. The molecule has 110 valence electrons. The van der Waals surface area contributed by atoms with E-state index in [0.29, 0.717) is 0 Å². The molecule has 0 saturated carbocycles. The van der Waals surface area contributed by atoms with E-state index in [-0.39, 0.29) is 11.8 Å². The summed E-state index contributed by atoms with van der Waals surface area (Å²) in [6.07, 6.45) is 3.77. The van der Waals surface area contributed by atoms with Gasteiger partial charge in [0.1, 0.15) is 5.82 Å². The zero-order chi connectivity index (χ0) is 14.4. The number of carbonyl (C=O) groups is 1. The Morgan fingerprint density at radius 3 is 2.80 bits per heavy atom. The van der Waals surface area contributed by atoms with Crippen LogP contribution in [0.3, 0.4) is 0 Å². The predicted octanol–water partition coefficient (Wildman–Crippen LogP) is 1.87. The van der Waals surface area contributed by atoms with E-state index < -0.39 is 0 Å². The van der Waals surface area contributed by atoms with Gasteiger partial charge in [0.25, 0.3) is 0 Å². The highest BCUT2D eigenvalue weighted by Gasteiger charge is 2.20. The number of amides is 1. The maximum atomic E-state index is 12.1. The van der Waals surface area contributed by atoms with Crippen LogP contribution in [0.25, 0.3) is 0 Å². The van der Waals surface area contributed by atoms with Crippen LogP contribution < -0.4 is 15.5 Å². The van der Waals surface area contributed by atoms with Crippen LogP contribution >= 0.6 is 0 Å². The molecule has 1 fully saturated rings. The topological polar surface area (TPSA) is 57.3 Å². The third-order valence-electron chi connectivity index (χ3n) is 3.77. The van der Waals surface area contributed by atoms with Crippen molar-refractivity contribution in [3.63, 3.8) is 0 Å². The summed E-state index contributed by atoms with van der Waals surface area (Å²) in [7, 11) is 0. The molecule has 1 aliphatic rings. The first kappa shape index (κ1) is 14.8. The van der Waals surface area contributed by atoms with Crippen molar-refractivity contribution in [3.05, 3.63) is 18.3 Å². The van der Waals surface area contributed by atoms with Gasteiger partial charge in [-0.25, -0.2) is 4.98 Å². The van der Waals surface area contributed by atoms with Crippen LogP contribution in [0.5, 0.6) is 0 Å². The number of piperidine rings is 1. The molecule has 0 bridgehead atoms. The van der Waals surface area contributed by atoms with Crippen LogP contribution in [-0.4, -0.2) is 37.1 Å². The van der Waals surface area contributed by atoms with Gasteiger partial charge in [-0.15, -0.1) is 0 Å². The Morgan fingerprint density at radius 1 is 1.45 bits per heavy atom. The number of carbonyl (C=O) groups excluding carboxylic acids is 1. The number of aromatic nitrogens is 1. The minimum Gasteiger partial charge on any atom is -0.357 e. The minimum absolute atomic E-state index is 0.0752. The number of hydrogen-bond acceptors (Lipinski definition) is 4. The molecular weight excluding hydrogens is 252 g/mol. The lowest BCUT2D eigenvalue weighted by atomic mass is 9.99. The third kappa shape index (κ3) is 3.70. The Hall–Kier alpha value is -1.62. The molecule has 0 aliphatic carbocycles. The Labute approximate surface area is 120 Å². The predicted molar refractivity (Wildman–Crippen MR) is 82.0 cm³/mol. The van der Waals surface area contributed by atoms with Gasteiger partial charge in [-0.3, -0.25) is 4.79 Å². The van der Waals surface area contributed by atoms with E-state index >= 15 is 0 Å². The highest BCUT2D eigenvalue weighted by Crippen LogP contribution is 2.16. The molecule has 5 heteroatoms. The lowest BCUT2D eigenvalue weighted by Gasteiger charge is -2.22. The van der Waals surface area contributed by atoms with Crippen molar-refractivity contribution >= 4 is 17.4 Å². The second-order valence-corrected chi connectivity index (χ2v) is 5.11. The number of rotatable bonds is 5. The van der Waals surface area contributed by atoms with Crippen molar-refractivity contribution < 1.29 is 4.79 Å². The van der Waals surface area contributed by atoms with Crippen molar-refractivity contribution in [1.29, 1.82) is 0 Å². The molecule has 0 radical (unpaired) electrons. The molecule has 0 spiro atoms. The smallest absolute Gasteiger partial charge is 0.228 e. The zero-order valence-corrected chi connectivity index (χ0v) is 12.4. The van der Waals surface area contributed by atoms with Crippen molar-refractivity contribution in [3.8, 4) is 0 Å². The maximum Gasteiger partial charge on any atom is 0.228 e. The van der Waals surface area contributed by atoms with Crippen molar-refractivity contribution in [2.24, 2.45) is 5.92 Å². The lowest BCUT2D eigenvalue weighted by Crippen LogP contribution is -2.37. The Bertz CT molecular complexity index is 422. The SMILES string of the molecule is CCN(CC)c1ccc(NC(=O)C2CCCNC2)cn1. The molecule has 1 amide bonds. The molecule has 1 saturated heterocycles. The Morgan fingerprint density at radius 2 is 2.25 bits per heavy atom. The van der Waals surface area contributed by atoms with Crippen LogP contribution in [0.1, 0.15) is 26.7 Å². The number of hydrogen-bond donors (Lipinski definition) is 2. The summed E-state index contributed by atoms with van der Waals surface area (Å²) in [5, 5.41) is 6.21. The van der Waals surface area contributed by atoms with Crippen LogP contribution in [0.2, 0.25) is 0 Å². The van der Waals surface area contributed by atoms with Crippen molar-refractivity contribution in [2.75, 3.05) is 36.4 Å². The number of nitrogens with zero attached hydrogens (tertiary/aromatic N) is 2. The Kier molecular flexibility index (Phi) is 5.35. The number of pyridine rings is 1. The normalized spacial score (nSPS) is 18.6. The van der Waals surface area contributed by atoms with E-state index in [1.807, 2.05) is 12.1 Å². The molecule has 2 N–H and O–H groups in total. The van der Waals surface area contributed by atoms with Gasteiger partial charge in [-0.05, 0) is 45.4 Å².